The van der Waals surface area contributed by atoms with E-state index in [0.29, 0.717) is 19.4 Å². The van der Waals surface area contributed by atoms with E-state index in [-0.39, 0.29) is 18.5 Å². The van der Waals surface area contributed by atoms with Crippen molar-refractivity contribution in [3.05, 3.63) is 36.5 Å². The van der Waals surface area contributed by atoms with E-state index in [4.69, 9.17) is 4.74 Å². The summed E-state index contributed by atoms with van der Waals surface area (Å²) >= 11 is 0. The van der Waals surface area contributed by atoms with Crippen molar-refractivity contribution in [2.45, 2.75) is 386 Å². The van der Waals surface area contributed by atoms with Crippen LogP contribution in [0.25, 0.3) is 0 Å². The first kappa shape index (κ1) is 74.1. The minimum atomic E-state index is -0.840. The van der Waals surface area contributed by atoms with Gasteiger partial charge < -0.3 is 20.3 Å². The zero-order valence-electron chi connectivity index (χ0n) is 51.3. The Morgan fingerprint density at radius 3 is 1.01 bits per heavy atom. The Hall–Kier alpha value is -1.92. The van der Waals surface area contributed by atoms with Crippen molar-refractivity contribution >= 4 is 11.9 Å². The van der Waals surface area contributed by atoms with Crippen molar-refractivity contribution in [2.24, 2.45) is 0 Å². The zero-order chi connectivity index (χ0) is 55.0. The molecular formula is C70H133NO5. The van der Waals surface area contributed by atoms with E-state index in [1.54, 1.807) is 6.08 Å². The van der Waals surface area contributed by atoms with Gasteiger partial charge in [0.15, 0.2) is 0 Å². The number of ether oxygens (including phenoxy) is 1. The van der Waals surface area contributed by atoms with Crippen LogP contribution >= 0.6 is 0 Å². The number of aliphatic hydroxyl groups excluding tert-OH is 2. The van der Waals surface area contributed by atoms with Crippen LogP contribution in [0.4, 0.5) is 0 Å². The molecule has 448 valence electrons. The molecule has 0 aromatic rings. The monoisotopic (exact) mass is 1070 g/mol. The third-order valence-electron chi connectivity index (χ3n) is 15.9. The number of allylic oxidation sites excluding steroid dienone is 5. The van der Waals surface area contributed by atoms with Crippen LogP contribution in [-0.4, -0.2) is 47.4 Å². The molecule has 0 aromatic heterocycles. The summed E-state index contributed by atoms with van der Waals surface area (Å²) in [7, 11) is 0. The van der Waals surface area contributed by atoms with E-state index in [0.717, 1.165) is 51.4 Å². The Labute approximate surface area is 474 Å². The molecule has 2 unspecified atom stereocenters. The summed E-state index contributed by atoms with van der Waals surface area (Å²) in [5, 5.41) is 23.1. The summed E-state index contributed by atoms with van der Waals surface area (Å²) in [5.74, 6) is -0.0516. The Morgan fingerprint density at radius 2 is 0.658 bits per heavy atom. The van der Waals surface area contributed by atoms with Gasteiger partial charge >= 0.3 is 5.97 Å². The fourth-order valence-corrected chi connectivity index (χ4v) is 10.7. The van der Waals surface area contributed by atoms with Gasteiger partial charge in [0.05, 0.1) is 25.4 Å². The summed E-state index contributed by atoms with van der Waals surface area (Å²) in [6.07, 6.45) is 83.7. The fourth-order valence-electron chi connectivity index (χ4n) is 10.7. The van der Waals surface area contributed by atoms with Crippen LogP contribution in [0.3, 0.4) is 0 Å². The van der Waals surface area contributed by atoms with Crippen molar-refractivity contribution in [1.82, 2.24) is 5.32 Å². The van der Waals surface area contributed by atoms with E-state index in [9.17, 15) is 19.8 Å². The van der Waals surface area contributed by atoms with Crippen LogP contribution < -0.4 is 5.32 Å². The molecule has 0 bridgehead atoms. The molecule has 0 radical (unpaired) electrons. The first-order valence-corrected chi connectivity index (χ1v) is 34.3. The Balaban J connectivity index is 3.32. The molecule has 1 amide bonds. The van der Waals surface area contributed by atoms with Crippen molar-refractivity contribution < 1.29 is 24.5 Å². The van der Waals surface area contributed by atoms with E-state index in [2.05, 4.69) is 43.5 Å². The number of aliphatic hydroxyl groups is 2. The third kappa shape index (κ3) is 61.3. The fraction of sp³-hybridized carbons (Fsp3) is 0.886. The SMILES string of the molecule is CCCCCC/C=C\C/C=C\CCCCCCCCCC(=O)OCCCCCCCCCCCCCCCCCCCCCCCCCCCCCCCCC(=O)NC(CO)C(O)/C=C/CCCCCCCCCCC. The summed E-state index contributed by atoms with van der Waals surface area (Å²) in [6.45, 7) is 4.89. The molecule has 0 heterocycles. The molecule has 0 aliphatic rings. The number of rotatable bonds is 64. The highest BCUT2D eigenvalue weighted by atomic mass is 16.5. The predicted octanol–water partition coefficient (Wildman–Crippen LogP) is 21.9. The Kier molecular flexibility index (Phi) is 63.9. The minimum Gasteiger partial charge on any atom is -0.466 e. The predicted molar refractivity (Wildman–Crippen MR) is 333 cm³/mol. The van der Waals surface area contributed by atoms with E-state index >= 15 is 0 Å². The standard InChI is InChI=1S/C70H133NO5/c1-3-5-7-9-11-13-15-16-17-18-34-37-40-44-48-52-56-60-64-70(75)76-65-61-57-53-49-45-41-38-35-32-30-28-26-24-22-20-19-21-23-25-27-29-31-33-36-39-43-47-51-55-59-63-69(74)71-67(66-72)68(73)62-58-54-50-46-42-14-12-10-8-6-4-2/h13,15,17-18,58,62,67-68,72-73H,3-12,14,16,19-57,59-61,63-66H2,1-2H3,(H,71,74)/b15-13-,18-17-,62-58+. The molecule has 0 spiro atoms. The van der Waals surface area contributed by atoms with Crippen LogP contribution in [0.2, 0.25) is 0 Å². The number of amides is 1. The number of carbonyl (C=O) groups is 2. The zero-order valence-corrected chi connectivity index (χ0v) is 51.3. The largest absolute Gasteiger partial charge is 0.466 e. The maximum atomic E-state index is 12.4. The van der Waals surface area contributed by atoms with Crippen LogP contribution in [0.15, 0.2) is 36.5 Å². The average molecular weight is 1070 g/mol. The van der Waals surface area contributed by atoms with Gasteiger partial charge in [-0.15, -0.1) is 0 Å². The van der Waals surface area contributed by atoms with Gasteiger partial charge in [0.2, 0.25) is 5.91 Å². The lowest BCUT2D eigenvalue weighted by Crippen LogP contribution is -2.45. The summed E-state index contributed by atoms with van der Waals surface area (Å²) in [6, 6.07) is -0.623. The maximum Gasteiger partial charge on any atom is 0.305 e. The van der Waals surface area contributed by atoms with Crippen molar-refractivity contribution in [1.29, 1.82) is 0 Å². The normalized spacial score (nSPS) is 12.7. The molecule has 6 heteroatoms. The van der Waals surface area contributed by atoms with E-state index < -0.39 is 12.1 Å². The van der Waals surface area contributed by atoms with Gasteiger partial charge in [-0.1, -0.05) is 333 Å². The Bertz CT molecular complexity index is 1230. The molecule has 0 aromatic carbocycles. The molecule has 76 heavy (non-hydrogen) atoms. The lowest BCUT2D eigenvalue weighted by molar-refractivity contribution is -0.143. The molecule has 0 rings (SSSR count). The van der Waals surface area contributed by atoms with Crippen LogP contribution in [0, 0.1) is 0 Å². The van der Waals surface area contributed by atoms with Gasteiger partial charge in [0.1, 0.15) is 0 Å². The van der Waals surface area contributed by atoms with Crippen LogP contribution in [0.5, 0.6) is 0 Å². The van der Waals surface area contributed by atoms with E-state index in [1.165, 1.54) is 295 Å². The first-order chi connectivity index (χ1) is 37.5. The quantitative estimate of drug-likeness (QED) is 0.0320. The smallest absolute Gasteiger partial charge is 0.305 e. The van der Waals surface area contributed by atoms with Crippen molar-refractivity contribution in [2.75, 3.05) is 13.2 Å². The maximum absolute atomic E-state index is 12.4. The van der Waals surface area contributed by atoms with Crippen LogP contribution in [-0.2, 0) is 14.3 Å². The third-order valence-corrected chi connectivity index (χ3v) is 15.9. The highest BCUT2D eigenvalue weighted by Crippen LogP contribution is 2.18. The number of carbonyl (C=O) groups excluding carboxylic acids is 2. The number of esters is 1. The molecule has 0 saturated heterocycles. The summed E-state index contributed by atoms with van der Waals surface area (Å²) in [4.78, 5) is 24.5. The van der Waals surface area contributed by atoms with Crippen LogP contribution in [0.1, 0.15) is 373 Å². The van der Waals surface area contributed by atoms with Gasteiger partial charge in [-0.25, -0.2) is 0 Å². The molecule has 0 saturated carbocycles. The lowest BCUT2D eigenvalue weighted by Gasteiger charge is -2.20. The minimum absolute atomic E-state index is 0.0126. The molecular weight excluding hydrogens is 935 g/mol. The highest BCUT2D eigenvalue weighted by Gasteiger charge is 2.18. The molecule has 2 atom stereocenters. The van der Waals surface area contributed by atoms with E-state index in [1.807, 2.05) is 6.08 Å². The van der Waals surface area contributed by atoms with Crippen molar-refractivity contribution in [3.63, 3.8) is 0 Å². The first-order valence-electron chi connectivity index (χ1n) is 34.3. The number of hydrogen-bond acceptors (Lipinski definition) is 5. The number of hydrogen-bond donors (Lipinski definition) is 3. The molecule has 0 fully saturated rings. The molecule has 0 aliphatic heterocycles. The van der Waals surface area contributed by atoms with Gasteiger partial charge in [-0.2, -0.15) is 0 Å². The number of unbranched alkanes of at least 4 members (excludes halogenated alkanes) is 49. The lowest BCUT2D eigenvalue weighted by atomic mass is 10.0. The average Bonchev–Trinajstić information content (AvgIpc) is 3.42. The second kappa shape index (κ2) is 65.6. The highest BCUT2D eigenvalue weighted by molar-refractivity contribution is 5.76. The Morgan fingerprint density at radius 1 is 0.368 bits per heavy atom. The van der Waals surface area contributed by atoms with Gasteiger partial charge in [0.25, 0.3) is 0 Å². The van der Waals surface area contributed by atoms with Gasteiger partial charge in [-0.05, 0) is 64.2 Å². The second-order valence-electron chi connectivity index (χ2n) is 23.5. The molecule has 0 aliphatic carbocycles. The van der Waals surface area contributed by atoms with Crippen molar-refractivity contribution in [3.8, 4) is 0 Å². The summed E-state index contributed by atoms with van der Waals surface area (Å²) in [5.41, 5.74) is 0. The second-order valence-corrected chi connectivity index (χ2v) is 23.5. The summed E-state index contributed by atoms with van der Waals surface area (Å²) < 4.78 is 5.50. The number of nitrogens with one attached hydrogen (secondary N) is 1. The molecule has 6 nitrogen and oxygen atoms in total. The molecule has 3 N–H and O–H groups in total. The van der Waals surface area contributed by atoms with Gasteiger partial charge in [0, 0.05) is 12.8 Å². The topological polar surface area (TPSA) is 95.9 Å². The van der Waals surface area contributed by atoms with Gasteiger partial charge in [-0.3, -0.25) is 9.59 Å².